The molecule has 2 rings (SSSR count). The molecule has 21 heavy (non-hydrogen) atoms. The Labute approximate surface area is 124 Å². The van der Waals surface area contributed by atoms with Crippen LogP contribution in [0.25, 0.3) is 0 Å². The van der Waals surface area contributed by atoms with Crippen molar-refractivity contribution >= 4 is 5.78 Å². The van der Waals surface area contributed by atoms with Gasteiger partial charge in [0.1, 0.15) is 11.7 Å². The summed E-state index contributed by atoms with van der Waals surface area (Å²) in [5, 5.41) is 9.38. The van der Waals surface area contributed by atoms with Gasteiger partial charge in [-0.05, 0) is 37.1 Å². The minimum Gasteiger partial charge on any atom is -0.497 e. The molecule has 1 unspecified atom stereocenters. The van der Waals surface area contributed by atoms with Crippen molar-refractivity contribution in [2.45, 2.75) is 19.8 Å². The Hall–Kier alpha value is -2.60. The number of nitriles is 1. The van der Waals surface area contributed by atoms with E-state index in [1.54, 1.807) is 37.4 Å². The smallest absolute Gasteiger partial charge is 0.184 e. The Bertz CT molecular complexity index is 696. The monoisotopic (exact) mass is 279 g/mol. The van der Waals surface area contributed by atoms with Crippen LogP contribution in [-0.4, -0.2) is 12.9 Å². The number of methoxy groups -OCH3 is 1. The standard InChI is InChI=1S/C18H17NO2/c1-12-4-9-16(13(2)10-12)18(20)17(11-19)14-5-7-15(21-3)8-6-14/h4-10,17H,1-3H3. The number of benzene rings is 2. The van der Waals surface area contributed by atoms with Crippen molar-refractivity contribution in [3.05, 3.63) is 64.7 Å². The van der Waals surface area contributed by atoms with Gasteiger partial charge in [0.2, 0.25) is 0 Å². The normalized spacial score (nSPS) is 11.5. The Kier molecular flexibility index (Phi) is 4.39. The maximum absolute atomic E-state index is 12.6. The van der Waals surface area contributed by atoms with Gasteiger partial charge in [0.05, 0.1) is 13.2 Å². The predicted octanol–water partition coefficient (Wildman–Crippen LogP) is 3.80. The Balaban J connectivity index is 2.36. The molecular weight excluding hydrogens is 262 g/mol. The highest BCUT2D eigenvalue weighted by Crippen LogP contribution is 2.24. The summed E-state index contributed by atoms with van der Waals surface area (Å²) in [6.07, 6.45) is 0. The van der Waals surface area contributed by atoms with E-state index in [2.05, 4.69) is 6.07 Å². The first-order valence-electron chi connectivity index (χ1n) is 6.72. The zero-order chi connectivity index (χ0) is 15.4. The number of hydrogen-bond acceptors (Lipinski definition) is 3. The Morgan fingerprint density at radius 1 is 1.14 bits per heavy atom. The average Bonchev–Trinajstić information content (AvgIpc) is 2.48. The van der Waals surface area contributed by atoms with Gasteiger partial charge >= 0.3 is 0 Å². The minimum atomic E-state index is -0.794. The molecule has 0 saturated carbocycles. The highest BCUT2D eigenvalue weighted by atomic mass is 16.5. The third-order valence-electron chi connectivity index (χ3n) is 3.49. The first-order valence-corrected chi connectivity index (χ1v) is 6.72. The van der Waals surface area contributed by atoms with E-state index >= 15 is 0 Å². The zero-order valence-electron chi connectivity index (χ0n) is 12.4. The first-order chi connectivity index (χ1) is 10.1. The van der Waals surface area contributed by atoms with Crippen LogP contribution in [0, 0.1) is 25.2 Å². The molecule has 0 amide bonds. The number of carbonyl (C=O) groups is 1. The van der Waals surface area contributed by atoms with E-state index in [1.165, 1.54) is 0 Å². The van der Waals surface area contributed by atoms with Gasteiger partial charge < -0.3 is 4.74 Å². The zero-order valence-corrected chi connectivity index (χ0v) is 12.4. The summed E-state index contributed by atoms with van der Waals surface area (Å²) in [7, 11) is 1.58. The molecule has 0 heterocycles. The van der Waals surface area contributed by atoms with E-state index in [1.807, 2.05) is 26.0 Å². The van der Waals surface area contributed by atoms with Gasteiger partial charge in [-0.3, -0.25) is 4.79 Å². The first kappa shape index (κ1) is 14.8. The van der Waals surface area contributed by atoms with Crippen molar-refractivity contribution in [2.75, 3.05) is 7.11 Å². The Morgan fingerprint density at radius 3 is 2.33 bits per heavy atom. The van der Waals surface area contributed by atoms with Gasteiger partial charge in [0.15, 0.2) is 5.78 Å². The molecule has 3 nitrogen and oxygen atoms in total. The van der Waals surface area contributed by atoms with E-state index in [9.17, 15) is 10.1 Å². The molecular formula is C18H17NO2. The lowest BCUT2D eigenvalue weighted by Gasteiger charge is -2.12. The summed E-state index contributed by atoms with van der Waals surface area (Å²) >= 11 is 0. The molecule has 3 heteroatoms. The number of nitrogens with zero attached hydrogens (tertiary/aromatic N) is 1. The van der Waals surface area contributed by atoms with E-state index < -0.39 is 5.92 Å². The van der Waals surface area contributed by atoms with Crippen LogP contribution in [0.4, 0.5) is 0 Å². The van der Waals surface area contributed by atoms with Crippen LogP contribution >= 0.6 is 0 Å². The lowest BCUT2D eigenvalue weighted by Crippen LogP contribution is -2.12. The molecule has 0 aliphatic carbocycles. The van der Waals surface area contributed by atoms with Crippen LogP contribution in [0.1, 0.15) is 33.0 Å². The van der Waals surface area contributed by atoms with Gasteiger partial charge in [-0.2, -0.15) is 5.26 Å². The SMILES string of the molecule is COc1ccc(C(C#N)C(=O)c2ccc(C)cc2C)cc1. The van der Waals surface area contributed by atoms with E-state index in [4.69, 9.17) is 4.74 Å². The summed E-state index contributed by atoms with van der Waals surface area (Å²) in [4.78, 5) is 12.6. The molecule has 0 aliphatic heterocycles. The van der Waals surface area contributed by atoms with Gasteiger partial charge in [-0.1, -0.05) is 35.9 Å². The lowest BCUT2D eigenvalue weighted by atomic mass is 9.89. The summed E-state index contributed by atoms with van der Waals surface area (Å²) in [6, 6.07) is 14.8. The highest BCUT2D eigenvalue weighted by molar-refractivity contribution is 6.03. The second kappa shape index (κ2) is 6.23. The number of ketones is 1. The fourth-order valence-corrected chi connectivity index (χ4v) is 2.33. The summed E-state index contributed by atoms with van der Waals surface area (Å²) in [5.41, 5.74) is 3.28. The molecule has 2 aromatic carbocycles. The summed E-state index contributed by atoms with van der Waals surface area (Å²) in [5.74, 6) is -0.258. The van der Waals surface area contributed by atoms with Gasteiger partial charge in [-0.15, -0.1) is 0 Å². The van der Waals surface area contributed by atoms with E-state index in [0.717, 1.165) is 11.1 Å². The van der Waals surface area contributed by atoms with E-state index in [-0.39, 0.29) is 5.78 Å². The van der Waals surface area contributed by atoms with Crippen molar-refractivity contribution in [2.24, 2.45) is 0 Å². The third-order valence-corrected chi connectivity index (χ3v) is 3.49. The molecule has 0 N–H and O–H groups in total. The molecule has 0 saturated heterocycles. The number of Topliss-reactive ketones (excluding diaryl/α,β-unsaturated/α-hetero) is 1. The number of ether oxygens (including phenoxy) is 1. The molecule has 0 spiro atoms. The van der Waals surface area contributed by atoms with Crippen LogP contribution < -0.4 is 4.74 Å². The van der Waals surface area contributed by atoms with Crippen LogP contribution in [0.5, 0.6) is 5.75 Å². The van der Waals surface area contributed by atoms with Crippen molar-refractivity contribution in [3.63, 3.8) is 0 Å². The van der Waals surface area contributed by atoms with Crippen LogP contribution in [0.2, 0.25) is 0 Å². The number of carbonyl (C=O) groups excluding carboxylic acids is 1. The van der Waals surface area contributed by atoms with Crippen molar-refractivity contribution in [1.82, 2.24) is 0 Å². The minimum absolute atomic E-state index is 0.167. The predicted molar refractivity (Wildman–Crippen MR) is 81.6 cm³/mol. The average molecular weight is 279 g/mol. The topological polar surface area (TPSA) is 50.1 Å². The second-order valence-corrected chi connectivity index (χ2v) is 5.02. The van der Waals surface area contributed by atoms with Gasteiger partial charge in [-0.25, -0.2) is 0 Å². The largest absolute Gasteiger partial charge is 0.497 e. The molecule has 2 aromatic rings. The Morgan fingerprint density at radius 2 is 1.81 bits per heavy atom. The fourth-order valence-electron chi connectivity index (χ4n) is 2.33. The van der Waals surface area contributed by atoms with Crippen LogP contribution in [0.15, 0.2) is 42.5 Å². The quantitative estimate of drug-likeness (QED) is 0.800. The lowest BCUT2D eigenvalue weighted by molar-refractivity contribution is 0.0978. The number of rotatable bonds is 4. The molecule has 0 radical (unpaired) electrons. The third kappa shape index (κ3) is 3.11. The summed E-state index contributed by atoms with van der Waals surface area (Å²) < 4.78 is 5.09. The van der Waals surface area contributed by atoms with Crippen molar-refractivity contribution in [1.29, 1.82) is 5.26 Å². The van der Waals surface area contributed by atoms with Crippen molar-refractivity contribution < 1.29 is 9.53 Å². The molecule has 0 bridgehead atoms. The number of hydrogen-bond donors (Lipinski definition) is 0. The number of aryl methyl sites for hydroxylation is 2. The second-order valence-electron chi connectivity index (χ2n) is 5.02. The van der Waals surface area contributed by atoms with Crippen LogP contribution in [-0.2, 0) is 0 Å². The molecule has 0 aromatic heterocycles. The summed E-state index contributed by atoms with van der Waals surface area (Å²) in [6.45, 7) is 3.87. The maximum atomic E-state index is 12.6. The fraction of sp³-hybridized carbons (Fsp3) is 0.222. The highest BCUT2D eigenvalue weighted by Gasteiger charge is 2.23. The van der Waals surface area contributed by atoms with E-state index in [0.29, 0.717) is 16.9 Å². The molecule has 0 fully saturated rings. The molecule has 1 atom stereocenters. The molecule has 0 aliphatic rings. The van der Waals surface area contributed by atoms with Gasteiger partial charge in [0, 0.05) is 5.56 Å². The molecule has 106 valence electrons. The van der Waals surface area contributed by atoms with Crippen LogP contribution in [0.3, 0.4) is 0 Å². The maximum Gasteiger partial charge on any atom is 0.184 e. The van der Waals surface area contributed by atoms with Crippen molar-refractivity contribution in [3.8, 4) is 11.8 Å². The van der Waals surface area contributed by atoms with Gasteiger partial charge in [0.25, 0.3) is 0 Å².